The minimum atomic E-state index is 0.00650. The van der Waals surface area contributed by atoms with Crippen LogP contribution in [0.3, 0.4) is 0 Å². The van der Waals surface area contributed by atoms with E-state index in [4.69, 9.17) is 11.6 Å². The molecular formula is C13H11BrClNOS. The molecule has 0 aliphatic carbocycles. The summed E-state index contributed by atoms with van der Waals surface area (Å²) in [6, 6.07) is 11.1. The lowest BCUT2D eigenvalue weighted by Crippen LogP contribution is -2.25. The summed E-state index contributed by atoms with van der Waals surface area (Å²) in [5.41, 5.74) is 0.684. The van der Waals surface area contributed by atoms with E-state index in [2.05, 4.69) is 15.9 Å². The second kappa shape index (κ2) is 5.87. The van der Waals surface area contributed by atoms with Crippen LogP contribution in [0.1, 0.15) is 15.2 Å². The first-order valence-electron chi connectivity index (χ1n) is 5.31. The summed E-state index contributed by atoms with van der Waals surface area (Å²) in [5.74, 6) is 0.00650. The Morgan fingerprint density at radius 1 is 1.28 bits per heavy atom. The summed E-state index contributed by atoms with van der Waals surface area (Å²) < 4.78 is 1.71. The number of hydrogen-bond donors (Lipinski definition) is 0. The molecule has 0 spiro atoms. The van der Waals surface area contributed by atoms with Crippen LogP contribution in [0.4, 0.5) is 0 Å². The number of nitrogens with zero attached hydrogens (tertiary/aromatic N) is 1. The summed E-state index contributed by atoms with van der Waals surface area (Å²) in [4.78, 5) is 14.9. The van der Waals surface area contributed by atoms with E-state index in [1.807, 2.05) is 36.4 Å². The third kappa shape index (κ3) is 3.34. The van der Waals surface area contributed by atoms with E-state index in [-0.39, 0.29) is 5.91 Å². The largest absolute Gasteiger partial charge is 0.337 e. The van der Waals surface area contributed by atoms with Crippen molar-refractivity contribution in [2.45, 2.75) is 6.54 Å². The highest BCUT2D eigenvalue weighted by Crippen LogP contribution is 2.23. The molecule has 1 amide bonds. The van der Waals surface area contributed by atoms with E-state index in [0.717, 1.165) is 13.7 Å². The van der Waals surface area contributed by atoms with E-state index in [9.17, 15) is 4.79 Å². The molecule has 2 rings (SSSR count). The van der Waals surface area contributed by atoms with Crippen LogP contribution in [0.15, 0.2) is 40.9 Å². The van der Waals surface area contributed by atoms with Crippen LogP contribution in [0.2, 0.25) is 4.34 Å². The normalized spacial score (nSPS) is 10.4. The molecule has 0 atom stereocenters. The predicted molar refractivity (Wildman–Crippen MR) is 79.3 cm³/mol. The van der Waals surface area contributed by atoms with Gasteiger partial charge < -0.3 is 4.90 Å². The molecule has 0 aliphatic heterocycles. The summed E-state index contributed by atoms with van der Waals surface area (Å²) in [7, 11) is 1.79. The first kappa shape index (κ1) is 13.6. The third-order valence-corrected chi connectivity index (χ3v) is 4.20. The predicted octanol–water partition coefficient (Wildman–Crippen LogP) is 4.44. The average Bonchev–Trinajstić information content (AvgIpc) is 2.75. The number of carbonyl (C=O) groups excluding carboxylic acids is 1. The molecule has 0 aliphatic rings. The number of benzene rings is 1. The zero-order valence-electron chi connectivity index (χ0n) is 9.69. The van der Waals surface area contributed by atoms with Gasteiger partial charge in [-0.15, -0.1) is 11.3 Å². The Morgan fingerprint density at radius 3 is 2.50 bits per heavy atom. The van der Waals surface area contributed by atoms with Crippen LogP contribution >= 0.6 is 38.9 Å². The Hall–Kier alpha value is -0.840. The lowest BCUT2D eigenvalue weighted by Gasteiger charge is -2.16. The molecule has 0 saturated carbocycles. The SMILES string of the molecule is CN(Cc1ccc(Cl)s1)C(=O)c1ccc(Br)cc1. The van der Waals surface area contributed by atoms with E-state index in [0.29, 0.717) is 12.1 Å². The van der Waals surface area contributed by atoms with Crippen LogP contribution in [0, 0.1) is 0 Å². The summed E-state index contributed by atoms with van der Waals surface area (Å²) >= 11 is 10.7. The zero-order chi connectivity index (χ0) is 13.1. The van der Waals surface area contributed by atoms with Gasteiger partial charge in [-0.3, -0.25) is 4.79 Å². The maximum Gasteiger partial charge on any atom is 0.253 e. The molecule has 2 aromatic rings. The highest BCUT2D eigenvalue weighted by Gasteiger charge is 2.12. The highest BCUT2D eigenvalue weighted by atomic mass is 79.9. The van der Waals surface area contributed by atoms with Gasteiger partial charge in [0.05, 0.1) is 10.9 Å². The van der Waals surface area contributed by atoms with Crippen molar-refractivity contribution in [2.24, 2.45) is 0 Å². The zero-order valence-corrected chi connectivity index (χ0v) is 12.8. The molecular weight excluding hydrogens is 334 g/mol. The Labute approximate surface area is 123 Å². The van der Waals surface area contributed by atoms with Crippen LogP contribution in [0.25, 0.3) is 0 Å². The van der Waals surface area contributed by atoms with Crippen molar-refractivity contribution in [1.82, 2.24) is 4.90 Å². The monoisotopic (exact) mass is 343 g/mol. The Morgan fingerprint density at radius 2 is 1.94 bits per heavy atom. The number of rotatable bonds is 3. The van der Waals surface area contributed by atoms with Gasteiger partial charge in [0.25, 0.3) is 5.91 Å². The third-order valence-electron chi connectivity index (χ3n) is 2.46. The molecule has 18 heavy (non-hydrogen) atoms. The van der Waals surface area contributed by atoms with Gasteiger partial charge in [0.2, 0.25) is 0 Å². The molecule has 0 unspecified atom stereocenters. The number of amides is 1. The number of hydrogen-bond acceptors (Lipinski definition) is 2. The Kier molecular flexibility index (Phi) is 4.43. The van der Waals surface area contributed by atoms with Gasteiger partial charge in [-0.2, -0.15) is 0 Å². The van der Waals surface area contributed by atoms with Crippen molar-refractivity contribution < 1.29 is 4.79 Å². The fourth-order valence-electron chi connectivity index (χ4n) is 1.56. The second-order valence-electron chi connectivity index (χ2n) is 3.87. The van der Waals surface area contributed by atoms with Gasteiger partial charge in [0.1, 0.15) is 0 Å². The lowest BCUT2D eigenvalue weighted by atomic mass is 10.2. The smallest absolute Gasteiger partial charge is 0.253 e. The second-order valence-corrected chi connectivity index (χ2v) is 6.59. The van der Waals surface area contributed by atoms with Crippen molar-refractivity contribution >= 4 is 44.8 Å². The van der Waals surface area contributed by atoms with Crippen molar-refractivity contribution in [3.63, 3.8) is 0 Å². The first-order chi connectivity index (χ1) is 8.56. The maximum absolute atomic E-state index is 12.1. The van der Waals surface area contributed by atoms with Gasteiger partial charge in [0, 0.05) is 22.0 Å². The summed E-state index contributed by atoms with van der Waals surface area (Å²) in [5, 5.41) is 0. The van der Waals surface area contributed by atoms with Gasteiger partial charge in [-0.25, -0.2) is 0 Å². The molecule has 0 fully saturated rings. The quantitative estimate of drug-likeness (QED) is 0.806. The van der Waals surface area contributed by atoms with Crippen LogP contribution < -0.4 is 0 Å². The maximum atomic E-state index is 12.1. The first-order valence-corrected chi connectivity index (χ1v) is 7.30. The van der Waals surface area contributed by atoms with Crippen molar-refractivity contribution in [3.8, 4) is 0 Å². The fourth-order valence-corrected chi connectivity index (χ4v) is 2.96. The molecule has 2 nitrogen and oxygen atoms in total. The molecule has 0 bridgehead atoms. The molecule has 0 saturated heterocycles. The average molecular weight is 345 g/mol. The number of halogens is 2. The minimum Gasteiger partial charge on any atom is -0.337 e. The molecule has 0 radical (unpaired) electrons. The Balaban J connectivity index is 2.07. The standard InChI is InChI=1S/C13H11BrClNOS/c1-16(8-11-6-7-12(15)18-11)13(17)9-2-4-10(14)5-3-9/h2-7H,8H2,1H3. The van der Waals surface area contributed by atoms with Gasteiger partial charge in [-0.1, -0.05) is 27.5 Å². The van der Waals surface area contributed by atoms with E-state index in [1.54, 1.807) is 11.9 Å². The van der Waals surface area contributed by atoms with Crippen LogP contribution in [-0.2, 0) is 6.54 Å². The van der Waals surface area contributed by atoms with E-state index < -0.39 is 0 Å². The van der Waals surface area contributed by atoms with Crippen molar-refractivity contribution in [3.05, 3.63) is 55.6 Å². The molecule has 1 aromatic heterocycles. The van der Waals surface area contributed by atoms with Crippen LogP contribution in [-0.4, -0.2) is 17.9 Å². The molecule has 94 valence electrons. The lowest BCUT2D eigenvalue weighted by molar-refractivity contribution is 0.0786. The topological polar surface area (TPSA) is 20.3 Å². The summed E-state index contributed by atoms with van der Waals surface area (Å²) in [6.45, 7) is 0.576. The van der Waals surface area contributed by atoms with E-state index >= 15 is 0 Å². The van der Waals surface area contributed by atoms with Gasteiger partial charge >= 0.3 is 0 Å². The number of thiophene rings is 1. The van der Waals surface area contributed by atoms with E-state index in [1.165, 1.54) is 11.3 Å². The molecule has 1 aromatic carbocycles. The molecule has 1 heterocycles. The highest BCUT2D eigenvalue weighted by molar-refractivity contribution is 9.10. The van der Waals surface area contributed by atoms with Gasteiger partial charge in [-0.05, 0) is 36.4 Å². The van der Waals surface area contributed by atoms with Crippen LogP contribution in [0.5, 0.6) is 0 Å². The number of carbonyl (C=O) groups is 1. The van der Waals surface area contributed by atoms with Gasteiger partial charge in [0.15, 0.2) is 0 Å². The summed E-state index contributed by atoms with van der Waals surface area (Å²) in [6.07, 6.45) is 0. The van der Waals surface area contributed by atoms with Crippen molar-refractivity contribution in [2.75, 3.05) is 7.05 Å². The minimum absolute atomic E-state index is 0.00650. The van der Waals surface area contributed by atoms with Crippen molar-refractivity contribution in [1.29, 1.82) is 0 Å². The Bertz CT molecular complexity index is 552. The fraction of sp³-hybridized carbons (Fsp3) is 0.154. The molecule has 5 heteroatoms. The molecule has 0 N–H and O–H groups in total.